The largest absolute Gasteiger partial charge is 0.495 e. The van der Waals surface area contributed by atoms with Crippen LogP contribution in [0.25, 0.3) is 0 Å². The first-order valence-electron chi connectivity index (χ1n) is 5.79. The molecule has 0 atom stereocenters. The number of nitrogens with two attached hydrogens (primary N) is 1. The van der Waals surface area contributed by atoms with E-state index in [1.54, 1.807) is 6.07 Å². The summed E-state index contributed by atoms with van der Waals surface area (Å²) in [5.74, 6) is 0.457. The smallest absolute Gasteiger partial charge is 0.236 e. The average Bonchev–Trinajstić information content (AvgIpc) is 2.37. The fraction of sp³-hybridized carbons (Fsp3) is 0.500. The molecular formula is C12H20N2O3S. The molecule has 0 aromatic heterocycles. The third-order valence-corrected chi connectivity index (χ3v) is 4.57. The molecule has 0 saturated carbocycles. The van der Waals surface area contributed by atoms with Crippen molar-refractivity contribution in [1.82, 2.24) is 0 Å². The molecule has 0 heterocycles. The molecule has 0 saturated heterocycles. The SMILES string of the molecule is CCc1ccc(OC)c(N(C)S(=O)(=O)CCN)c1. The van der Waals surface area contributed by atoms with Crippen LogP contribution in [-0.4, -0.2) is 34.9 Å². The van der Waals surface area contributed by atoms with Crippen molar-refractivity contribution >= 4 is 15.7 Å². The second-order valence-electron chi connectivity index (χ2n) is 3.93. The molecule has 0 radical (unpaired) electrons. The summed E-state index contributed by atoms with van der Waals surface area (Å²) in [6.45, 7) is 2.11. The van der Waals surface area contributed by atoms with Crippen molar-refractivity contribution in [3.05, 3.63) is 23.8 Å². The number of ether oxygens (including phenoxy) is 1. The highest BCUT2D eigenvalue weighted by Crippen LogP contribution is 2.30. The van der Waals surface area contributed by atoms with Gasteiger partial charge in [-0.15, -0.1) is 0 Å². The molecule has 0 aliphatic heterocycles. The van der Waals surface area contributed by atoms with Crippen molar-refractivity contribution in [3.8, 4) is 5.75 Å². The molecule has 1 aromatic rings. The summed E-state index contributed by atoms with van der Waals surface area (Å²) in [6.07, 6.45) is 0.835. The molecule has 0 amide bonds. The number of anilines is 1. The summed E-state index contributed by atoms with van der Waals surface area (Å²) < 4.78 is 30.4. The quantitative estimate of drug-likeness (QED) is 0.838. The Bertz CT molecular complexity index is 500. The summed E-state index contributed by atoms with van der Waals surface area (Å²) in [5.41, 5.74) is 6.92. The molecule has 0 aliphatic carbocycles. The lowest BCUT2D eigenvalue weighted by Gasteiger charge is -2.22. The van der Waals surface area contributed by atoms with Crippen LogP contribution in [0.2, 0.25) is 0 Å². The zero-order valence-corrected chi connectivity index (χ0v) is 11.8. The number of hydrogen-bond acceptors (Lipinski definition) is 4. The topological polar surface area (TPSA) is 72.6 Å². The lowest BCUT2D eigenvalue weighted by atomic mass is 10.1. The fourth-order valence-electron chi connectivity index (χ4n) is 1.64. The maximum atomic E-state index is 12.0. The van der Waals surface area contributed by atoms with Gasteiger partial charge < -0.3 is 10.5 Å². The molecule has 6 heteroatoms. The first kappa shape index (κ1) is 14.8. The van der Waals surface area contributed by atoms with Crippen molar-refractivity contribution in [3.63, 3.8) is 0 Å². The van der Waals surface area contributed by atoms with Crippen LogP contribution in [0, 0.1) is 0 Å². The first-order valence-corrected chi connectivity index (χ1v) is 7.40. The highest BCUT2D eigenvalue weighted by Gasteiger charge is 2.20. The van der Waals surface area contributed by atoms with Crippen molar-refractivity contribution in [1.29, 1.82) is 0 Å². The van der Waals surface area contributed by atoms with E-state index in [-0.39, 0.29) is 12.3 Å². The Balaban J connectivity index is 3.22. The predicted molar refractivity (Wildman–Crippen MR) is 73.6 cm³/mol. The van der Waals surface area contributed by atoms with Gasteiger partial charge in [-0.25, -0.2) is 8.42 Å². The number of rotatable bonds is 6. The number of hydrogen-bond donors (Lipinski definition) is 1. The molecule has 0 spiro atoms. The Labute approximate surface area is 109 Å². The molecule has 102 valence electrons. The van der Waals surface area contributed by atoms with Gasteiger partial charge in [0.1, 0.15) is 5.75 Å². The van der Waals surface area contributed by atoms with Gasteiger partial charge in [-0.1, -0.05) is 13.0 Å². The minimum Gasteiger partial charge on any atom is -0.495 e. The highest BCUT2D eigenvalue weighted by atomic mass is 32.2. The van der Waals surface area contributed by atoms with E-state index < -0.39 is 10.0 Å². The first-order chi connectivity index (χ1) is 8.46. The monoisotopic (exact) mass is 272 g/mol. The molecule has 1 rings (SSSR count). The van der Waals surface area contributed by atoms with E-state index in [0.29, 0.717) is 11.4 Å². The highest BCUT2D eigenvalue weighted by molar-refractivity contribution is 7.92. The van der Waals surface area contributed by atoms with Gasteiger partial charge in [0, 0.05) is 13.6 Å². The molecular weight excluding hydrogens is 252 g/mol. The van der Waals surface area contributed by atoms with Gasteiger partial charge in [0.05, 0.1) is 18.6 Å². The minimum atomic E-state index is -3.39. The molecule has 0 unspecified atom stereocenters. The third kappa shape index (κ3) is 3.14. The average molecular weight is 272 g/mol. The fourth-order valence-corrected chi connectivity index (χ4v) is 2.65. The van der Waals surface area contributed by atoms with E-state index in [4.69, 9.17) is 10.5 Å². The van der Waals surface area contributed by atoms with Crippen LogP contribution in [0.15, 0.2) is 18.2 Å². The standard InChI is InChI=1S/C12H20N2O3S/c1-4-10-5-6-12(17-3)11(9-10)14(2)18(15,16)8-7-13/h5-6,9H,4,7-8,13H2,1-3H3. The van der Waals surface area contributed by atoms with E-state index in [1.165, 1.54) is 18.5 Å². The van der Waals surface area contributed by atoms with E-state index in [1.807, 2.05) is 19.1 Å². The zero-order chi connectivity index (χ0) is 13.8. The van der Waals surface area contributed by atoms with Crippen LogP contribution >= 0.6 is 0 Å². The number of nitrogens with zero attached hydrogens (tertiary/aromatic N) is 1. The van der Waals surface area contributed by atoms with Gasteiger partial charge in [-0.3, -0.25) is 4.31 Å². The van der Waals surface area contributed by atoms with Gasteiger partial charge in [-0.2, -0.15) is 0 Å². The van der Waals surface area contributed by atoms with Gasteiger partial charge in [-0.05, 0) is 24.1 Å². The maximum Gasteiger partial charge on any atom is 0.236 e. The van der Waals surface area contributed by atoms with Crippen LogP contribution in [0.3, 0.4) is 0 Å². The van der Waals surface area contributed by atoms with Crippen LogP contribution in [-0.2, 0) is 16.4 Å². The zero-order valence-electron chi connectivity index (χ0n) is 11.0. The summed E-state index contributed by atoms with van der Waals surface area (Å²) in [6, 6.07) is 5.53. The molecule has 2 N–H and O–H groups in total. The molecule has 5 nitrogen and oxygen atoms in total. The predicted octanol–water partition coefficient (Wildman–Crippen LogP) is 0.982. The van der Waals surface area contributed by atoms with Gasteiger partial charge in [0.25, 0.3) is 0 Å². The summed E-state index contributed by atoms with van der Waals surface area (Å²) in [4.78, 5) is 0. The van der Waals surface area contributed by atoms with E-state index in [2.05, 4.69) is 0 Å². The van der Waals surface area contributed by atoms with Crippen LogP contribution in [0.4, 0.5) is 5.69 Å². The lowest BCUT2D eigenvalue weighted by Crippen LogP contribution is -2.32. The van der Waals surface area contributed by atoms with Crippen LogP contribution < -0.4 is 14.8 Å². The second-order valence-corrected chi connectivity index (χ2v) is 6.05. The van der Waals surface area contributed by atoms with Crippen LogP contribution in [0.1, 0.15) is 12.5 Å². The van der Waals surface area contributed by atoms with Gasteiger partial charge in [0.2, 0.25) is 10.0 Å². The number of aryl methyl sites for hydroxylation is 1. The van der Waals surface area contributed by atoms with Gasteiger partial charge in [0.15, 0.2) is 0 Å². The Hall–Kier alpha value is -1.27. The van der Waals surface area contributed by atoms with E-state index in [0.717, 1.165) is 12.0 Å². The molecule has 0 bridgehead atoms. The number of benzene rings is 1. The molecule has 1 aromatic carbocycles. The number of sulfonamides is 1. The Morgan fingerprint density at radius 2 is 2.06 bits per heavy atom. The van der Waals surface area contributed by atoms with Gasteiger partial charge >= 0.3 is 0 Å². The van der Waals surface area contributed by atoms with Crippen LogP contribution in [0.5, 0.6) is 5.75 Å². The second kappa shape index (κ2) is 6.06. The molecule has 0 aliphatic rings. The van der Waals surface area contributed by atoms with Crippen molar-refractivity contribution in [2.45, 2.75) is 13.3 Å². The third-order valence-electron chi connectivity index (χ3n) is 2.78. The normalized spacial score (nSPS) is 11.3. The summed E-state index contributed by atoms with van der Waals surface area (Å²) >= 11 is 0. The van der Waals surface area contributed by atoms with E-state index in [9.17, 15) is 8.42 Å². The van der Waals surface area contributed by atoms with E-state index >= 15 is 0 Å². The Morgan fingerprint density at radius 1 is 1.39 bits per heavy atom. The van der Waals surface area contributed by atoms with Crippen molar-refractivity contribution < 1.29 is 13.2 Å². The Kier molecular flexibility index (Phi) is 4.98. The molecule has 18 heavy (non-hydrogen) atoms. The Morgan fingerprint density at radius 3 is 2.56 bits per heavy atom. The van der Waals surface area contributed by atoms with Crippen molar-refractivity contribution in [2.75, 3.05) is 30.8 Å². The summed E-state index contributed by atoms with van der Waals surface area (Å²) in [7, 11) is -0.355. The molecule has 0 fully saturated rings. The van der Waals surface area contributed by atoms with Crippen molar-refractivity contribution in [2.24, 2.45) is 5.73 Å². The summed E-state index contributed by atoms with van der Waals surface area (Å²) in [5, 5.41) is 0. The minimum absolute atomic E-state index is 0.0804. The lowest BCUT2D eigenvalue weighted by molar-refractivity contribution is 0.415. The maximum absolute atomic E-state index is 12.0. The number of methoxy groups -OCH3 is 1.